The van der Waals surface area contributed by atoms with Gasteiger partial charge in [0.1, 0.15) is 0 Å². The molecule has 0 radical (unpaired) electrons. The summed E-state index contributed by atoms with van der Waals surface area (Å²) < 4.78 is 29.1. The van der Waals surface area contributed by atoms with Crippen molar-refractivity contribution in [3.05, 3.63) is 65.2 Å². The third kappa shape index (κ3) is 4.67. The van der Waals surface area contributed by atoms with E-state index in [0.717, 1.165) is 49.2 Å². The fraction of sp³-hybridized carbons (Fsp3) is 0.273. The minimum Gasteiger partial charge on any atom is -0.370 e. The summed E-state index contributed by atoms with van der Waals surface area (Å²) in [6.45, 7) is 5.66. The van der Waals surface area contributed by atoms with Crippen molar-refractivity contribution in [1.29, 1.82) is 0 Å². The Morgan fingerprint density at radius 3 is 2.57 bits per heavy atom. The van der Waals surface area contributed by atoms with Crippen LogP contribution in [0, 0.1) is 6.92 Å². The molecule has 0 aliphatic carbocycles. The van der Waals surface area contributed by atoms with E-state index in [4.69, 9.17) is 11.6 Å². The molecule has 0 amide bonds. The highest BCUT2D eigenvalue weighted by Gasteiger charge is 2.21. The van der Waals surface area contributed by atoms with E-state index in [1.165, 1.54) is 0 Å². The first-order chi connectivity index (χ1) is 14.0. The van der Waals surface area contributed by atoms with Gasteiger partial charge in [-0.3, -0.25) is 4.72 Å². The minimum atomic E-state index is -3.80. The van der Waals surface area contributed by atoms with Crippen LogP contribution < -0.4 is 14.9 Å². The highest BCUT2D eigenvalue weighted by molar-refractivity contribution is 7.93. The van der Waals surface area contributed by atoms with E-state index in [2.05, 4.69) is 14.9 Å². The lowest BCUT2D eigenvalue weighted by molar-refractivity contribution is 0.602. The number of aryl methyl sites for hydroxylation is 1. The number of benzene rings is 3. The second-order valence-electron chi connectivity index (χ2n) is 7.31. The molecule has 1 aliphatic rings. The molecule has 0 spiro atoms. The van der Waals surface area contributed by atoms with Crippen LogP contribution in [-0.2, 0) is 10.0 Å². The van der Waals surface area contributed by atoms with Gasteiger partial charge in [0.05, 0.1) is 15.6 Å². The molecule has 0 saturated carbocycles. The highest BCUT2D eigenvalue weighted by Crippen LogP contribution is 2.34. The van der Waals surface area contributed by atoms with Gasteiger partial charge in [0, 0.05) is 36.1 Å². The smallest absolute Gasteiger partial charge is 0.262 e. The maximum absolute atomic E-state index is 13.2. The number of nitrogens with zero attached hydrogens (tertiary/aromatic N) is 1. The number of anilines is 2. The van der Waals surface area contributed by atoms with E-state index < -0.39 is 10.0 Å². The van der Waals surface area contributed by atoms with Crippen molar-refractivity contribution < 1.29 is 8.42 Å². The summed E-state index contributed by atoms with van der Waals surface area (Å²) in [4.78, 5) is 2.58. The summed E-state index contributed by atoms with van der Waals surface area (Å²) in [5.41, 5.74) is 2.39. The molecule has 3 aromatic carbocycles. The zero-order chi connectivity index (χ0) is 20.4. The van der Waals surface area contributed by atoms with E-state index in [9.17, 15) is 8.42 Å². The quantitative estimate of drug-likeness (QED) is 0.579. The fourth-order valence-electron chi connectivity index (χ4n) is 3.77. The standard InChI is InChI=1S/C22H24ClN3O2S.ClH/c1-16-7-8-19(23)20(15-16)25-29(27,28)22-10-9-21(17-5-2-3-6-18(17)22)26-13-4-11-24-12-14-26;/h2-3,5-10,15,24-25H,4,11-14H2,1H3;1H. The Morgan fingerprint density at radius 2 is 1.77 bits per heavy atom. The fourth-order valence-corrected chi connectivity index (χ4v) is 5.27. The molecule has 1 heterocycles. The molecule has 1 aliphatic heterocycles. The monoisotopic (exact) mass is 465 g/mol. The number of sulfonamides is 1. The van der Waals surface area contributed by atoms with E-state index in [1.807, 2.05) is 43.3 Å². The van der Waals surface area contributed by atoms with Gasteiger partial charge in [-0.15, -0.1) is 12.4 Å². The van der Waals surface area contributed by atoms with Gasteiger partial charge in [-0.2, -0.15) is 0 Å². The zero-order valence-corrected chi connectivity index (χ0v) is 19.1. The van der Waals surface area contributed by atoms with Crippen LogP contribution in [0.1, 0.15) is 12.0 Å². The molecule has 0 atom stereocenters. The number of rotatable bonds is 4. The molecule has 3 aromatic rings. The van der Waals surface area contributed by atoms with Crippen LogP contribution in [0.25, 0.3) is 10.8 Å². The molecule has 160 valence electrons. The molecule has 30 heavy (non-hydrogen) atoms. The molecule has 1 fully saturated rings. The van der Waals surface area contributed by atoms with E-state index in [-0.39, 0.29) is 17.3 Å². The third-order valence-corrected chi connectivity index (χ3v) is 6.95. The van der Waals surface area contributed by atoms with Crippen molar-refractivity contribution in [3.63, 3.8) is 0 Å². The van der Waals surface area contributed by atoms with Crippen molar-refractivity contribution in [2.45, 2.75) is 18.2 Å². The Hall–Kier alpha value is -1.99. The molecule has 1 saturated heterocycles. The van der Waals surface area contributed by atoms with Crippen molar-refractivity contribution in [1.82, 2.24) is 5.32 Å². The summed E-state index contributed by atoms with van der Waals surface area (Å²) in [5.74, 6) is 0. The van der Waals surface area contributed by atoms with Crippen LogP contribution in [-0.4, -0.2) is 34.6 Å². The first kappa shape index (κ1) is 22.7. The lowest BCUT2D eigenvalue weighted by atomic mass is 10.1. The van der Waals surface area contributed by atoms with Gasteiger partial charge in [0.2, 0.25) is 0 Å². The largest absolute Gasteiger partial charge is 0.370 e. The summed E-state index contributed by atoms with van der Waals surface area (Å²) in [5, 5.41) is 5.42. The van der Waals surface area contributed by atoms with Crippen molar-refractivity contribution in [2.24, 2.45) is 0 Å². The Balaban J connectivity index is 0.00000256. The highest BCUT2D eigenvalue weighted by atomic mass is 35.5. The van der Waals surface area contributed by atoms with Gasteiger partial charge in [0.15, 0.2) is 0 Å². The molecule has 0 bridgehead atoms. The van der Waals surface area contributed by atoms with Crippen LogP contribution in [0.15, 0.2) is 59.5 Å². The molecular formula is C22H25Cl2N3O2S. The van der Waals surface area contributed by atoms with Gasteiger partial charge in [-0.05, 0) is 49.7 Å². The normalized spacial score (nSPS) is 14.8. The van der Waals surface area contributed by atoms with E-state index in [0.29, 0.717) is 16.1 Å². The summed E-state index contributed by atoms with van der Waals surface area (Å²) >= 11 is 6.21. The average Bonchev–Trinajstić information content (AvgIpc) is 2.99. The lowest BCUT2D eigenvalue weighted by Crippen LogP contribution is -2.28. The molecule has 4 rings (SSSR count). The zero-order valence-electron chi connectivity index (χ0n) is 16.7. The Bertz CT molecular complexity index is 1140. The van der Waals surface area contributed by atoms with Crippen LogP contribution >= 0.6 is 24.0 Å². The Labute approximate surface area is 188 Å². The van der Waals surface area contributed by atoms with Crippen LogP contribution in [0.4, 0.5) is 11.4 Å². The lowest BCUT2D eigenvalue weighted by Gasteiger charge is -2.25. The van der Waals surface area contributed by atoms with Crippen molar-refractivity contribution in [2.75, 3.05) is 35.8 Å². The molecule has 2 N–H and O–H groups in total. The summed E-state index contributed by atoms with van der Waals surface area (Å²) in [7, 11) is -3.80. The maximum atomic E-state index is 13.2. The van der Waals surface area contributed by atoms with Gasteiger partial charge in [-0.25, -0.2) is 8.42 Å². The van der Waals surface area contributed by atoms with E-state index in [1.54, 1.807) is 18.2 Å². The number of nitrogens with one attached hydrogen (secondary N) is 2. The van der Waals surface area contributed by atoms with Gasteiger partial charge in [0.25, 0.3) is 10.0 Å². The van der Waals surface area contributed by atoms with Crippen molar-refractivity contribution >= 4 is 56.2 Å². The average molecular weight is 466 g/mol. The van der Waals surface area contributed by atoms with Crippen LogP contribution in [0.2, 0.25) is 5.02 Å². The number of hydrogen-bond acceptors (Lipinski definition) is 4. The first-order valence-corrected chi connectivity index (χ1v) is 11.6. The Morgan fingerprint density at radius 1 is 1.00 bits per heavy atom. The topological polar surface area (TPSA) is 61.4 Å². The SMILES string of the molecule is Cc1ccc(Cl)c(NS(=O)(=O)c2ccc(N3CCCNCC3)c3ccccc23)c1.Cl. The minimum absolute atomic E-state index is 0. The molecule has 0 unspecified atom stereocenters. The van der Waals surface area contributed by atoms with E-state index >= 15 is 0 Å². The van der Waals surface area contributed by atoms with Gasteiger partial charge in [-0.1, -0.05) is 41.9 Å². The number of hydrogen-bond donors (Lipinski definition) is 2. The van der Waals surface area contributed by atoms with Crippen LogP contribution in [0.3, 0.4) is 0 Å². The second kappa shape index (κ2) is 9.43. The maximum Gasteiger partial charge on any atom is 0.262 e. The molecular weight excluding hydrogens is 441 g/mol. The molecule has 0 aromatic heterocycles. The predicted octanol–water partition coefficient (Wildman–Crippen LogP) is 4.82. The number of halogens is 2. The first-order valence-electron chi connectivity index (χ1n) is 9.72. The summed E-state index contributed by atoms with van der Waals surface area (Å²) in [6.07, 6.45) is 1.06. The Kier molecular flexibility index (Phi) is 7.14. The third-order valence-electron chi connectivity index (χ3n) is 5.20. The number of fused-ring (bicyclic) bond motifs is 1. The summed E-state index contributed by atoms with van der Waals surface area (Å²) in [6, 6.07) is 16.6. The predicted molar refractivity (Wildman–Crippen MR) is 128 cm³/mol. The van der Waals surface area contributed by atoms with Gasteiger partial charge < -0.3 is 10.2 Å². The molecule has 5 nitrogen and oxygen atoms in total. The van der Waals surface area contributed by atoms with Crippen molar-refractivity contribution in [3.8, 4) is 0 Å². The van der Waals surface area contributed by atoms with Crippen LogP contribution in [0.5, 0.6) is 0 Å². The molecule has 8 heteroatoms. The second-order valence-corrected chi connectivity index (χ2v) is 9.37. The van der Waals surface area contributed by atoms with Gasteiger partial charge >= 0.3 is 0 Å².